The summed E-state index contributed by atoms with van der Waals surface area (Å²) in [4.78, 5) is 39.4. The summed E-state index contributed by atoms with van der Waals surface area (Å²) in [7, 11) is 0. The molecule has 0 fully saturated rings. The van der Waals surface area contributed by atoms with Crippen LogP contribution in [-0.2, 0) is 4.79 Å². The van der Waals surface area contributed by atoms with Crippen LogP contribution in [-0.4, -0.2) is 23.3 Å². The monoisotopic (exact) mass is 379 g/mol. The number of nitro groups is 1. The molecule has 0 aliphatic carbocycles. The van der Waals surface area contributed by atoms with E-state index in [1.807, 2.05) is 32.1 Å². The summed E-state index contributed by atoms with van der Waals surface area (Å²) in [6.45, 7) is 5.78. The molecule has 3 rings (SSSR count). The van der Waals surface area contributed by atoms with Gasteiger partial charge in [-0.3, -0.25) is 19.7 Å². The molecule has 1 atom stereocenters. The van der Waals surface area contributed by atoms with Crippen molar-refractivity contribution in [1.82, 2.24) is 5.32 Å². The highest BCUT2D eigenvalue weighted by Crippen LogP contribution is 2.19. The van der Waals surface area contributed by atoms with Crippen molar-refractivity contribution in [2.75, 3.05) is 6.54 Å². The van der Waals surface area contributed by atoms with Gasteiger partial charge in [-0.1, -0.05) is 24.3 Å². The lowest BCUT2D eigenvalue weighted by Crippen LogP contribution is -2.38. The van der Waals surface area contributed by atoms with Gasteiger partial charge in [0.15, 0.2) is 0 Å². The van der Waals surface area contributed by atoms with E-state index >= 15 is 0 Å². The van der Waals surface area contributed by atoms with Crippen LogP contribution in [0.4, 0.5) is 5.69 Å². The van der Waals surface area contributed by atoms with Gasteiger partial charge in [0.05, 0.1) is 16.2 Å². The number of amides is 2. The van der Waals surface area contributed by atoms with E-state index in [9.17, 15) is 19.7 Å². The average molecular weight is 379 g/mol. The van der Waals surface area contributed by atoms with Crippen molar-refractivity contribution in [2.45, 2.75) is 27.2 Å². The molecule has 1 N–H and O–H groups in total. The number of hydrogen-bond donors (Lipinski definition) is 1. The van der Waals surface area contributed by atoms with E-state index in [1.165, 1.54) is 6.07 Å². The molecule has 0 saturated heterocycles. The second-order valence-electron chi connectivity index (χ2n) is 6.99. The third-order valence-corrected chi connectivity index (χ3v) is 4.95. The third-order valence-electron chi connectivity index (χ3n) is 4.95. The molecule has 7 heteroatoms. The molecule has 2 amide bonds. The fourth-order valence-corrected chi connectivity index (χ4v) is 3.24. The number of fused-ring (bicyclic) bond motifs is 1. The summed E-state index contributed by atoms with van der Waals surface area (Å²) in [6.07, 6.45) is 2.32. The quantitative estimate of drug-likeness (QED) is 0.633. The highest BCUT2D eigenvalue weighted by molar-refractivity contribution is 5.95. The maximum atomic E-state index is 12.3. The molecule has 0 aromatic heterocycles. The zero-order valence-corrected chi connectivity index (χ0v) is 16.0. The Labute approximate surface area is 161 Å². The Balaban J connectivity index is 1.70. The molecular formula is C21H21N3O4. The zero-order chi connectivity index (χ0) is 20.4. The van der Waals surface area contributed by atoms with E-state index < -0.39 is 16.7 Å². The van der Waals surface area contributed by atoms with Crippen molar-refractivity contribution in [3.63, 3.8) is 0 Å². The average Bonchev–Trinajstić information content (AvgIpc) is 2.65. The molecule has 28 heavy (non-hydrogen) atoms. The van der Waals surface area contributed by atoms with Crippen LogP contribution in [0.15, 0.2) is 35.3 Å². The molecule has 7 nitrogen and oxygen atoms in total. The smallest absolute Gasteiger partial charge is 0.273 e. The highest BCUT2D eigenvalue weighted by atomic mass is 16.6. The molecule has 0 spiro atoms. The van der Waals surface area contributed by atoms with Crippen molar-refractivity contribution >= 4 is 23.6 Å². The van der Waals surface area contributed by atoms with Crippen LogP contribution in [0.1, 0.15) is 33.5 Å². The van der Waals surface area contributed by atoms with Gasteiger partial charge in [0.1, 0.15) is 0 Å². The van der Waals surface area contributed by atoms with Crippen LogP contribution in [0.25, 0.3) is 6.08 Å². The summed E-state index contributed by atoms with van der Waals surface area (Å²) in [5, 5.41) is 15.4. The van der Waals surface area contributed by atoms with Gasteiger partial charge in [-0.2, -0.15) is 0 Å². The number of nitrogens with zero attached hydrogens (tertiary/aromatic N) is 2. The molecule has 1 heterocycles. The van der Waals surface area contributed by atoms with Gasteiger partial charge in [-0.15, -0.1) is 0 Å². The van der Waals surface area contributed by atoms with Gasteiger partial charge >= 0.3 is 0 Å². The maximum Gasteiger partial charge on any atom is 0.273 e. The summed E-state index contributed by atoms with van der Waals surface area (Å²) < 4.78 is 0. The van der Waals surface area contributed by atoms with Gasteiger partial charge in [0.2, 0.25) is 0 Å². The molecule has 1 aliphatic rings. The lowest BCUT2D eigenvalue weighted by molar-refractivity contribution is -0.385. The van der Waals surface area contributed by atoms with Crippen LogP contribution >= 0.6 is 0 Å². The number of nitrogens with one attached hydrogen (secondary N) is 1. The highest BCUT2D eigenvalue weighted by Gasteiger charge is 2.20. The Hall–Kier alpha value is -3.35. The predicted octanol–water partition coefficient (Wildman–Crippen LogP) is 1.90. The number of carbonyl (C=O) groups excluding carboxylic acids is 2. The van der Waals surface area contributed by atoms with Crippen molar-refractivity contribution in [1.29, 1.82) is 0 Å². The predicted molar refractivity (Wildman–Crippen MR) is 104 cm³/mol. The maximum absolute atomic E-state index is 12.3. The standard InChI is InChI=1S/C21H21N3O4/c1-12-4-5-14(3)19-17(12)10-16(21(26)23-19)8-9-22-20(25)15-7-6-13(2)18(11-15)24(27)28/h4-7,10-11,16H,8-9H2,1-3H3,(H,22,25). The first-order valence-electron chi connectivity index (χ1n) is 9.02. The fourth-order valence-electron chi connectivity index (χ4n) is 3.24. The topological polar surface area (TPSA) is 102 Å². The first-order chi connectivity index (χ1) is 13.3. The summed E-state index contributed by atoms with van der Waals surface area (Å²) >= 11 is 0. The Kier molecular flexibility index (Phi) is 5.35. The SMILES string of the molecule is Cc1ccc(C(=O)NCCC2C=c3c(C)ccc(C)c3=NC2=O)cc1[N+](=O)[O-]. The van der Waals surface area contributed by atoms with Gasteiger partial charge in [-0.05, 0) is 44.4 Å². The van der Waals surface area contributed by atoms with Crippen molar-refractivity contribution in [2.24, 2.45) is 10.9 Å². The van der Waals surface area contributed by atoms with Gasteiger partial charge in [-0.25, -0.2) is 4.99 Å². The molecule has 2 aromatic carbocycles. The van der Waals surface area contributed by atoms with E-state index in [4.69, 9.17) is 0 Å². The molecule has 144 valence electrons. The van der Waals surface area contributed by atoms with Crippen LogP contribution in [0, 0.1) is 36.8 Å². The fraction of sp³-hybridized carbons (Fsp3) is 0.286. The van der Waals surface area contributed by atoms with Gasteiger partial charge in [0, 0.05) is 29.0 Å². The minimum absolute atomic E-state index is 0.0929. The molecule has 1 aliphatic heterocycles. The van der Waals surface area contributed by atoms with Gasteiger partial charge < -0.3 is 5.32 Å². The van der Waals surface area contributed by atoms with Crippen LogP contribution in [0.5, 0.6) is 0 Å². The van der Waals surface area contributed by atoms with Crippen molar-refractivity contribution in [3.05, 3.63) is 73.3 Å². The lowest BCUT2D eigenvalue weighted by Gasteiger charge is -2.14. The normalized spacial score (nSPS) is 15.2. The first kappa shape index (κ1) is 19.4. The lowest BCUT2D eigenvalue weighted by atomic mass is 9.97. The number of nitro benzene ring substituents is 1. The molecule has 2 aromatic rings. The minimum atomic E-state index is -0.509. The second-order valence-corrected chi connectivity index (χ2v) is 6.99. The molecule has 0 saturated carbocycles. The number of hydrogen-bond acceptors (Lipinski definition) is 4. The van der Waals surface area contributed by atoms with E-state index in [2.05, 4.69) is 10.3 Å². The van der Waals surface area contributed by atoms with Crippen LogP contribution in [0.2, 0.25) is 0 Å². The largest absolute Gasteiger partial charge is 0.352 e. The van der Waals surface area contributed by atoms with E-state index in [1.54, 1.807) is 19.1 Å². The summed E-state index contributed by atoms with van der Waals surface area (Å²) in [6, 6.07) is 8.30. The third kappa shape index (κ3) is 3.83. The van der Waals surface area contributed by atoms with Gasteiger partial charge in [0.25, 0.3) is 17.5 Å². The second kappa shape index (κ2) is 7.72. The summed E-state index contributed by atoms with van der Waals surface area (Å²) in [5.74, 6) is -1.03. The molecule has 0 bridgehead atoms. The summed E-state index contributed by atoms with van der Waals surface area (Å²) in [5.41, 5.74) is 2.63. The Morgan fingerprint density at radius 3 is 2.54 bits per heavy atom. The number of rotatable bonds is 5. The molecule has 0 radical (unpaired) electrons. The van der Waals surface area contributed by atoms with Crippen LogP contribution in [0.3, 0.4) is 0 Å². The number of carbonyl (C=O) groups is 2. The minimum Gasteiger partial charge on any atom is -0.352 e. The van der Waals surface area contributed by atoms with Crippen molar-refractivity contribution in [3.8, 4) is 0 Å². The first-order valence-corrected chi connectivity index (χ1v) is 9.02. The van der Waals surface area contributed by atoms with Crippen molar-refractivity contribution < 1.29 is 14.5 Å². The van der Waals surface area contributed by atoms with E-state index in [0.717, 1.165) is 21.7 Å². The Morgan fingerprint density at radius 2 is 1.82 bits per heavy atom. The molecule has 1 unspecified atom stereocenters. The van der Waals surface area contributed by atoms with E-state index in [0.29, 0.717) is 12.0 Å². The number of aryl methyl sites for hydroxylation is 3. The number of benzene rings is 2. The Morgan fingerprint density at radius 1 is 1.14 bits per heavy atom. The van der Waals surface area contributed by atoms with Crippen LogP contribution < -0.4 is 15.9 Å². The van der Waals surface area contributed by atoms with E-state index in [-0.39, 0.29) is 23.7 Å². The Bertz CT molecular complexity index is 1110. The zero-order valence-electron chi connectivity index (χ0n) is 16.0. The molecular weight excluding hydrogens is 358 g/mol.